The Labute approximate surface area is 136 Å². The highest BCUT2D eigenvalue weighted by atomic mass is 35.5. The first-order chi connectivity index (χ1) is 12.4. The number of ether oxygens (including phenoxy) is 2. The van der Waals surface area contributed by atoms with Crippen molar-refractivity contribution in [3.05, 3.63) is 24.3 Å². The highest BCUT2D eigenvalue weighted by molar-refractivity contribution is 6.18. The number of piperazine rings is 1. The van der Waals surface area contributed by atoms with Crippen molar-refractivity contribution >= 4 is 17.3 Å². The molecule has 0 unspecified atom stereocenters. The molecule has 0 N–H and O–H groups in total. The third-order valence-electron chi connectivity index (χ3n) is 3.24. The second kappa shape index (κ2) is 8.35. The molecule has 0 radical (unpaired) electrons. The van der Waals surface area contributed by atoms with Gasteiger partial charge in [0, 0.05) is 51.3 Å². The zero-order chi connectivity index (χ0) is 20.3. The minimum Gasteiger partial charge on any atom is -0.491 e. The zero-order valence-electron chi connectivity index (χ0n) is 18.1. The van der Waals surface area contributed by atoms with Crippen molar-refractivity contribution in [2.24, 2.45) is 0 Å². The van der Waals surface area contributed by atoms with E-state index in [2.05, 4.69) is 14.5 Å². The Kier molecular flexibility index (Phi) is 3.53. The summed E-state index contributed by atoms with van der Waals surface area (Å²) in [6.07, 6.45) is 0. The molecular formula is C15H23ClN2O2. The molecule has 0 aliphatic carbocycles. The van der Waals surface area contributed by atoms with Crippen LogP contribution in [0.1, 0.15) is 9.60 Å². The first kappa shape index (κ1) is 8.47. The van der Waals surface area contributed by atoms with E-state index in [-0.39, 0.29) is 5.75 Å². The van der Waals surface area contributed by atoms with Crippen molar-refractivity contribution in [3.63, 3.8) is 0 Å². The molecule has 1 heterocycles. The van der Waals surface area contributed by atoms with Gasteiger partial charge in [-0.3, -0.25) is 4.90 Å². The zero-order valence-corrected chi connectivity index (χ0v) is 11.9. The Morgan fingerprint density at radius 3 is 2.60 bits per heavy atom. The topological polar surface area (TPSA) is 24.9 Å². The molecule has 1 aliphatic rings. The fourth-order valence-corrected chi connectivity index (χ4v) is 2.41. The maximum Gasteiger partial charge on any atom is 0.119 e. The van der Waals surface area contributed by atoms with Gasteiger partial charge in [0.1, 0.15) is 12.3 Å². The van der Waals surface area contributed by atoms with Gasteiger partial charge in [-0.05, 0) is 24.3 Å². The van der Waals surface area contributed by atoms with Gasteiger partial charge in [-0.25, -0.2) is 0 Å². The van der Waals surface area contributed by atoms with E-state index in [4.69, 9.17) is 25.9 Å². The van der Waals surface area contributed by atoms with Crippen molar-refractivity contribution in [1.29, 1.82) is 0 Å². The van der Waals surface area contributed by atoms with Crippen LogP contribution in [0.4, 0.5) is 5.69 Å². The maximum atomic E-state index is 7.73. The first-order valence-electron chi connectivity index (χ1n) is 9.96. The SMILES string of the molecule is [2H]C([2H])([2H])OC([2H])([2H])C([2H])([2H])Oc1ccc(N2CCN(CCCl)CC2)cc1. The molecule has 4 nitrogen and oxygen atoms in total. The van der Waals surface area contributed by atoms with Crippen LogP contribution in [-0.4, -0.2) is 63.7 Å². The monoisotopic (exact) mass is 305 g/mol. The third-order valence-corrected chi connectivity index (χ3v) is 3.41. The lowest BCUT2D eigenvalue weighted by molar-refractivity contribution is 0.146. The van der Waals surface area contributed by atoms with Crippen molar-refractivity contribution < 1.29 is 19.1 Å². The van der Waals surface area contributed by atoms with Crippen LogP contribution in [0.3, 0.4) is 0 Å². The highest BCUT2D eigenvalue weighted by Crippen LogP contribution is 2.20. The van der Waals surface area contributed by atoms with E-state index >= 15 is 0 Å². The molecule has 20 heavy (non-hydrogen) atoms. The summed E-state index contributed by atoms with van der Waals surface area (Å²) >= 11 is 5.76. The van der Waals surface area contributed by atoms with Gasteiger partial charge in [-0.1, -0.05) is 0 Å². The van der Waals surface area contributed by atoms with E-state index in [9.17, 15) is 0 Å². The quantitative estimate of drug-likeness (QED) is 0.720. The predicted octanol–water partition coefficient (Wildman–Crippen LogP) is 2.07. The third kappa shape index (κ3) is 4.54. The van der Waals surface area contributed by atoms with Crippen LogP contribution in [0.15, 0.2) is 24.3 Å². The second-order valence-corrected chi connectivity index (χ2v) is 4.80. The normalized spacial score (nSPS) is 23.6. The number of halogens is 1. The minimum atomic E-state index is -3.16. The van der Waals surface area contributed by atoms with Gasteiger partial charge in [0.15, 0.2) is 0 Å². The average Bonchev–Trinajstić information content (AvgIpc) is 2.54. The minimum absolute atomic E-state index is 0.0718. The number of hydrogen-bond acceptors (Lipinski definition) is 4. The van der Waals surface area contributed by atoms with Gasteiger partial charge >= 0.3 is 0 Å². The average molecular weight is 306 g/mol. The molecule has 2 rings (SSSR count). The van der Waals surface area contributed by atoms with E-state index in [0.29, 0.717) is 5.88 Å². The molecule has 0 spiro atoms. The molecule has 1 saturated heterocycles. The Morgan fingerprint density at radius 1 is 1.20 bits per heavy atom. The van der Waals surface area contributed by atoms with Crippen molar-refractivity contribution in [2.45, 2.75) is 0 Å². The van der Waals surface area contributed by atoms with Gasteiger partial charge in [-0.2, -0.15) is 0 Å². The molecule has 5 heteroatoms. The number of hydrogen-bond donors (Lipinski definition) is 0. The molecule has 1 aliphatic heterocycles. The molecule has 112 valence electrons. The largest absolute Gasteiger partial charge is 0.491 e. The number of rotatable bonds is 7. The van der Waals surface area contributed by atoms with Crippen LogP contribution in [0.2, 0.25) is 0 Å². The number of methoxy groups -OCH3 is 1. The van der Waals surface area contributed by atoms with Gasteiger partial charge in [0.2, 0.25) is 0 Å². The lowest BCUT2D eigenvalue weighted by atomic mass is 10.2. The Bertz CT molecular complexity index is 605. The molecule has 1 aromatic rings. The van der Waals surface area contributed by atoms with Crippen LogP contribution in [0, 0.1) is 0 Å². The van der Waals surface area contributed by atoms with E-state index in [0.717, 1.165) is 38.4 Å². The van der Waals surface area contributed by atoms with Crippen molar-refractivity contribution in [1.82, 2.24) is 4.90 Å². The summed E-state index contributed by atoms with van der Waals surface area (Å²) in [4.78, 5) is 4.46. The summed E-state index contributed by atoms with van der Waals surface area (Å²) in [5, 5.41) is 0. The van der Waals surface area contributed by atoms with Crippen LogP contribution in [0.25, 0.3) is 0 Å². The Balaban J connectivity index is 1.99. The molecule has 0 aromatic heterocycles. The summed E-state index contributed by atoms with van der Waals surface area (Å²) in [7, 11) is -3.09. The molecule has 1 aromatic carbocycles. The van der Waals surface area contributed by atoms with Gasteiger partial charge < -0.3 is 14.4 Å². The fourth-order valence-electron chi connectivity index (χ4n) is 2.17. The van der Waals surface area contributed by atoms with Gasteiger partial charge in [-0.15, -0.1) is 11.6 Å². The predicted molar refractivity (Wildman–Crippen MR) is 83.2 cm³/mol. The molecular weight excluding hydrogens is 276 g/mol. The maximum absolute atomic E-state index is 7.73. The van der Waals surface area contributed by atoms with Crippen LogP contribution in [0.5, 0.6) is 5.75 Å². The molecule has 0 saturated carbocycles. The van der Waals surface area contributed by atoms with E-state index in [1.165, 1.54) is 12.1 Å². The lowest BCUT2D eigenvalue weighted by Gasteiger charge is -2.35. The fraction of sp³-hybridized carbons (Fsp3) is 0.600. The molecule has 0 bridgehead atoms. The lowest BCUT2D eigenvalue weighted by Crippen LogP contribution is -2.46. The molecule has 0 atom stereocenters. The van der Waals surface area contributed by atoms with Crippen LogP contribution >= 0.6 is 11.6 Å². The number of alkyl halides is 1. The summed E-state index contributed by atoms with van der Waals surface area (Å²) in [5.74, 6) is 0.676. The summed E-state index contributed by atoms with van der Waals surface area (Å²) in [6.45, 7) is -1.80. The van der Waals surface area contributed by atoms with Gasteiger partial charge in [0.05, 0.1) is 16.2 Å². The van der Waals surface area contributed by atoms with Crippen molar-refractivity contribution in [3.8, 4) is 5.75 Å². The first-order valence-corrected chi connectivity index (χ1v) is 6.99. The Hall–Kier alpha value is -0.970. The summed E-state index contributed by atoms with van der Waals surface area (Å²) in [6, 6.07) is 6.54. The number of benzene rings is 1. The molecule has 0 amide bonds. The van der Waals surface area contributed by atoms with E-state index in [1.807, 2.05) is 0 Å². The summed E-state index contributed by atoms with van der Waals surface area (Å²) in [5.41, 5.74) is 0.940. The molecule has 1 fully saturated rings. The smallest absolute Gasteiger partial charge is 0.119 e. The number of anilines is 1. The Morgan fingerprint density at radius 2 is 1.95 bits per heavy atom. The van der Waals surface area contributed by atoms with Crippen LogP contribution in [-0.2, 0) is 4.74 Å². The van der Waals surface area contributed by atoms with E-state index in [1.54, 1.807) is 12.1 Å². The summed E-state index contributed by atoms with van der Waals surface area (Å²) < 4.78 is 60.7. The van der Waals surface area contributed by atoms with E-state index < -0.39 is 20.2 Å². The van der Waals surface area contributed by atoms with Gasteiger partial charge in [0.25, 0.3) is 0 Å². The number of nitrogens with zero attached hydrogens (tertiary/aromatic N) is 2. The van der Waals surface area contributed by atoms with Crippen molar-refractivity contribution in [2.75, 3.05) is 63.7 Å². The highest BCUT2D eigenvalue weighted by Gasteiger charge is 2.16. The van der Waals surface area contributed by atoms with Crippen LogP contribution < -0.4 is 9.64 Å². The standard InChI is InChI=1S/C15H23ClN2O2/c1-19-12-13-20-15-4-2-14(3-5-15)18-10-8-17(7-6-16)9-11-18/h2-5H,6-13H2,1H3/i1D3,12D2,13D2. The second-order valence-electron chi connectivity index (χ2n) is 4.42.